The lowest BCUT2D eigenvalue weighted by Crippen LogP contribution is -2.15. The summed E-state index contributed by atoms with van der Waals surface area (Å²) < 4.78 is 32.5. The predicted octanol–water partition coefficient (Wildman–Crippen LogP) is 2.36. The molecular weight excluding hydrogens is 346 g/mol. The quantitative estimate of drug-likeness (QED) is 0.908. The van der Waals surface area contributed by atoms with Crippen molar-refractivity contribution >= 4 is 31.9 Å². The molecule has 1 aromatic heterocycles. The maximum Gasteiger partial charge on any atom is 0.264 e. The number of rotatable bonds is 4. The zero-order valence-electron chi connectivity index (χ0n) is 10.8. The molecule has 106 valence electrons. The van der Waals surface area contributed by atoms with Crippen molar-refractivity contribution < 1.29 is 13.2 Å². The summed E-state index contributed by atoms with van der Waals surface area (Å²) in [5.74, 6) is 0.274. The summed E-state index contributed by atoms with van der Waals surface area (Å²) in [6.07, 6.45) is 0. The van der Waals surface area contributed by atoms with E-state index in [4.69, 9.17) is 4.74 Å². The number of halogens is 1. The third-order valence-electron chi connectivity index (χ3n) is 2.39. The molecule has 0 saturated carbocycles. The van der Waals surface area contributed by atoms with Crippen molar-refractivity contribution in [2.24, 2.45) is 0 Å². The first kappa shape index (κ1) is 14.7. The lowest BCUT2D eigenvalue weighted by Gasteiger charge is -2.08. The van der Waals surface area contributed by atoms with Crippen LogP contribution in [0.4, 0.5) is 5.95 Å². The first-order chi connectivity index (χ1) is 9.40. The molecule has 1 heterocycles. The minimum Gasteiger partial charge on any atom is -0.481 e. The Labute approximate surface area is 125 Å². The number of ether oxygens (including phenoxy) is 1. The molecule has 0 amide bonds. The van der Waals surface area contributed by atoms with E-state index in [2.05, 4.69) is 30.6 Å². The molecule has 0 aliphatic carbocycles. The van der Waals surface area contributed by atoms with Crippen LogP contribution >= 0.6 is 15.9 Å². The second-order valence-corrected chi connectivity index (χ2v) is 6.53. The molecule has 2 aromatic rings. The van der Waals surface area contributed by atoms with Gasteiger partial charge in [-0.3, -0.25) is 0 Å². The number of aromatic nitrogens is 2. The minimum atomic E-state index is -3.72. The molecule has 1 N–H and O–H groups in total. The molecule has 0 spiro atoms. The Balaban J connectivity index is 2.33. The lowest BCUT2D eigenvalue weighted by atomic mass is 10.4. The summed E-state index contributed by atoms with van der Waals surface area (Å²) in [5.41, 5.74) is 0.602. The van der Waals surface area contributed by atoms with E-state index in [1.807, 2.05) is 0 Å². The highest BCUT2D eigenvalue weighted by Crippen LogP contribution is 2.18. The van der Waals surface area contributed by atoms with Gasteiger partial charge in [-0.25, -0.2) is 18.1 Å². The highest BCUT2D eigenvalue weighted by Gasteiger charge is 2.16. The van der Waals surface area contributed by atoms with Crippen molar-refractivity contribution in [2.45, 2.75) is 11.8 Å². The molecule has 0 unspecified atom stereocenters. The number of sulfonamides is 1. The Hall–Kier alpha value is -1.67. The van der Waals surface area contributed by atoms with Crippen molar-refractivity contribution in [3.63, 3.8) is 0 Å². The average Bonchev–Trinajstić information content (AvgIpc) is 2.37. The molecule has 0 aliphatic heterocycles. The largest absolute Gasteiger partial charge is 0.481 e. The van der Waals surface area contributed by atoms with Crippen molar-refractivity contribution in [3.05, 3.63) is 40.5 Å². The molecule has 0 atom stereocenters. The minimum absolute atomic E-state index is 0.0234. The van der Waals surface area contributed by atoms with Crippen molar-refractivity contribution in [1.82, 2.24) is 9.97 Å². The normalized spacial score (nSPS) is 11.2. The maximum atomic E-state index is 12.2. The predicted molar refractivity (Wildman–Crippen MR) is 78.3 cm³/mol. The molecular formula is C12H12BrN3O3S. The summed E-state index contributed by atoms with van der Waals surface area (Å²) >= 11 is 3.25. The Morgan fingerprint density at radius 3 is 2.45 bits per heavy atom. The number of anilines is 1. The standard InChI is InChI=1S/C12H12BrN3O3S/c1-8-7-11(19-2)15-12(14-8)16-20(17,18)10-5-3-9(13)4-6-10/h3-7H,1-2H3,(H,14,15,16). The summed E-state index contributed by atoms with van der Waals surface area (Å²) in [6.45, 7) is 1.72. The molecule has 1 aromatic carbocycles. The highest BCUT2D eigenvalue weighted by molar-refractivity contribution is 9.10. The van der Waals surface area contributed by atoms with Crippen LogP contribution in [-0.4, -0.2) is 25.5 Å². The van der Waals surface area contributed by atoms with Crippen molar-refractivity contribution in [3.8, 4) is 5.88 Å². The first-order valence-electron chi connectivity index (χ1n) is 5.59. The third kappa shape index (κ3) is 3.45. The van der Waals surface area contributed by atoms with E-state index in [9.17, 15) is 8.42 Å². The molecule has 6 nitrogen and oxygen atoms in total. The summed E-state index contributed by atoms with van der Waals surface area (Å²) in [7, 11) is -2.27. The molecule has 20 heavy (non-hydrogen) atoms. The van der Waals surface area contributed by atoms with Crippen LogP contribution in [0.15, 0.2) is 39.7 Å². The molecule has 2 rings (SSSR count). The summed E-state index contributed by atoms with van der Waals surface area (Å²) in [5, 5.41) is 0. The number of benzene rings is 1. The van der Waals surface area contributed by atoms with Crippen LogP contribution in [0.2, 0.25) is 0 Å². The number of hydrogen-bond acceptors (Lipinski definition) is 5. The zero-order valence-corrected chi connectivity index (χ0v) is 13.2. The SMILES string of the molecule is COc1cc(C)nc(NS(=O)(=O)c2ccc(Br)cc2)n1. The van der Waals surface area contributed by atoms with E-state index in [1.54, 1.807) is 25.1 Å². The van der Waals surface area contributed by atoms with Crippen LogP contribution in [0.5, 0.6) is 5.88 Å². The van der Waals surface area contributed by atoms with E-state index in [1.165, 1.54) is 19.2 Å². The molecule has 0 fully saturated rings. The Morgan fingerprint density at radius 1 is 1.20 bits per heavy atom. The Kier molecular flexibility index (Phi) is 4.24. The second kappa shape index (κ2) is 5.76. The van der Waals surface area contributed by atoms with E-state index >= 15 is 0 Å². The van der Waals surface area contributed by atoms with Crippen LogP contribution in [0.3, 0.4) is 0 Å². The van der Waals surface area contributed by atoms with E-state index in [0.29, 0.717) is 11.6 Å². The van der Waals surface area contributed by atoms with Crippen LogP contribution in [0.1, 0.15) is 5.69 Å². The van der Waals surface area contributed by atoms with Gasteiger partial charge in [0.2, 0.25) is 11.8 Å². The number of hydrogen-bond donors (Lipinski definition) is 1. The summed E-state index contributed by atoms with van der Waals surface area (Å²) in [4.78, 5) is 8.10. The van der Waals surface area contributed by atoms with Gasteiger partial charge in [0.15, 0.2) is 0 Å². The van der Waals surface area contributed by atoms with Gasteiger partial charge < -0.3 is 4.74 Å². The Bertz CT molecular complexity index is 717. The van der Waals surface area contributed by atoms with Gasteiger partial charge in [0.05, 0.1) is 12.0 Å². The highest BCUT2D eigenvalue weighted by atomic mass is 79.9. The number of aryl methyl sites for hydroxylation is 1. The first-order valence-corrected chi connectivity index (χ1v) is 7.86. The molecule has 8 heteroatoms. The van der Waals surface area contributed by atoms with Crippen LogP contribution < -0.4 is 9.46 Å². The third-order valence-corrected chi connectivity index (χ3v) is 4.26. The molecule has 0 aliphatic rings. The van der Waals surface area contributed by atoms with Crippen LogP contribution in [0.25, 0.3) is 0 Å². The lowest BCUT2D eigenvalue weighted by molar-refractivity contribution is 0.397. The maximum absolute atomic E-state index is 12.2. The second-order valence-electron chi connectivity index (χ2n) is 3.93. The van der Waals surface area contributed by atoms with E-state index in [-0.39, 0.29) is 10.8 Å². The van der Waals surface area contributed by atoms with Gasteiger partial charge in [-0.15, -0.1) is 0 Å². The smallest absolute Gasteiger partial charge is 0.264 e. The molecule has 0 radical (unpaired) electrons. The van der Waals surface area contributed by atoms with Gasteiger partial charge in [-0.2, -0.15) is 4.98 Å². The van der Waals surface area contributed by atoms with Gasteiger partial charge >= 0.3 is 0 Å². The fourth-order valence-corrected chi connectivity index (χ4v) is 2.69. The van der Waals surface area contributed by atoms with Crippen LogP contribution in [0, 0.1) is 6.92 Å². The monoisotopic (exact) mass is 357 g/mol. The Morgan fingerprint density at radius 2 is 1.85 bits per heavy atom. The van der Waals surface area contributed by atoms with Gasteiger partial charge in [0, 0.05) is 16.2 Å². The summed E-state index contributed by atoms with van der Waals surface area (Å²) in [6, 6.07) is 7.87. The van der Waals surface area contributed by atoms with Gasteiger partial charge in [-0.1, -0.05) is 15.9 Å². The molecule has 0 bridgehead atoms. The number of nitrogens with one attached hydrogen (secondary N) is 1. The molecule has 0 saturated heterocycles. The van der Waals surface area contributed by atoms with Crippen molar-refractivity contribution in [2.75, 3.05) is 11.8 Å². The van der Waals surface area contributed by atoms with E-state index < -0.39 is 10.0 Å². The van der Waals surface area contributed by atoms with Gasteiger partial charge in [0.25, 0.3) is 10.0 Å². The van der Waals surface area contributed by atoms with Crippen molar-refractivity contribution in [1.29, 1.82) is 0 Å². The topological polar surface area (TPSA) is 81.2 Å². The van der Waals surface area contributed by atoms with Gasteiger partial charge in [-0.05, 0) is 31.2 Å². The van der Waals surface area contributed by atoms with Gasteiger partial charge in [0.1, 0.15) is 0 Å². The van der Waals surface area contributed by atoms with E-state index in [0.717, 1.165) is 4.47 Å². The number of nitrogens with zero attached hydrogens (tertiary/aromatic N) is 2. The average molecular weight is 358 g/mol. The zero-order chi connectivity index (χ0) is 14.8. The number of methoxy groups -OCH3 is 1. The fourth-order valence-electron chi connectivity index (χ4n) is 1.48. The fraction of sp³-hybridized carbons (Fsp3) is 0.167. The van der Waals surface area contributed by atoms with Crippen LogP contribution in [-0.2, 0) is 10.0 Å².